The van der Waals surface area contributed by atoms with E-state index < -0.39 is 17.4 Å². The summed E-state index contributed by atoms with van der Waals surface area (Å²) in [6.45, 7) is 0. The number of hydrogen-bond acceptors (Lipinski definition) is 4. The SMILES string of the molecule is Cn1cccc(C(=O)NC(=O)c2ccc(N)cc2)c1=O. The van der Waals surface area contributed by atoms with Gasteiger partial charge in [0.1, 0.15) is 5.56 Å². The van der Waals surface area contributed by atoms with Crippen LogP contribution in [0.3, 0.4) is 0 Å². The molecule has 0 aliphatic rings. The molecule has 1 heterocycles. The topological polar surface area (TPSA) is 94.2 Å². The van der Waals surface area contributed by atoms with Crippen molar-refractivity contribution in [2.75, 3.05) is 5.73 Å². The molecule has 0 bridgehead atoms. The van der Waals surface area contributed by atoms with Gasteiger partial charge in [0.25, 0.3) is 17.4 Å². The Labute approximate surface area is 114 Å². The molecule has 0 saturated carbocycles. The van der Waals surface area contributed by atoms with E-state index in [0.29, 0.717) is 11.3 Å². The molecule has 1 aromatic carbocycles. The summed E-state index contributed by atoms with van der Waals surface area (Å²) in [6.07, 6.45) is 1.53. The predicted octanol–water partition coefficient (Wildman–Crippen LogP) is 0.538. The van der Waals surface area contributed by atoms with Gasteiger partial charge in [-0.15, -0.1) is 0 Å². The summed E-state index contributed by atoms with van der Waals surface area (Å²) in [5.74, 6) is -1.31. The number of aryl methyl sites for hydroxylation is 1. The number of pyridine rings is 1. The maximum absolute atomic E-state index is 11.9. The van der Waals surface area contributed by atoms with E-state index in [0.717, 1.165) is 0 Å². The Kier molecular flexibility index (Phi) is 3.65. The molecule has 1 aromatic heterocycles. The molecule has 0 saturated heterocycles. The fraction of sp³-hybridized carbons (Fsp3) is 0.0714. The molecule has 3 N–H and O–H groups in total. The van der Waals surface area contributed by atoms with Crippen LogP contribution in [0.25, 0.3) is 0 Å². The van der Waals surface area contributed by atoms with Gasteiger partial charge in [-0.2, -0.15) is 0 Å². The van der Waals surface area contributed by atoms with Crippen molar-refractivity contribution in [2.24, 2.45) is 7.05 Å². The lowest BCUT2D eigenvalue weighted by Gasteiger charge is -2.05. The van der Waals surface area contributed by atoms with Crippen LogP contribution in [-0.2, 0) is 7.05 Å². The van der Waals surface area contributed by atoms with E-state index in [1.54, 1.807) is 18.2 Å². The van der Waals surface area contributed by atoms with Crippen molar-refractivity contribution in [1.29, 1.82) is 0 Å². The Hall–Kier alpha value is -2.89. The summed E-state index contributed by atoms with van der Waals surface area (Å²) < 4.78 is 1.27. The Morgan fingerprint density at radius 3 is 2.40 bits per heavy atom. The van der Waals surface area contributed by atoms with Gasteiger partial charge in [-0.3, -0.25) is 19.7 Å². The normalized spacial score (nSPS) is 10.1. The molecule has 0 atom stereocenters. The Morgan fingerprint density at radius 1 is 1.10 bits per heavy atom. The fourth-order valence-corrected chi connectivity index (χ4v) is 1.65. The van der Waals surface area contributed by atoms with Crippen LogP contribution in [0.4, 0.5) is 5.69 Å². The second-order valence-corrected chi connectivity index (χ2v) is 4.24. The smallest absolute Gasteiger partial charge is 0.263 e. The van der Waals surface area contributed by atoms with Gasteiger partial charge < -0.3 is 10.3 Å². The van der Waals surface area contributed by atoms with E-state index in [4.69, 9.17) is 5.73 Å². The van der Waals surface area contributed by atoms with Crippen molar-refractivity contribution in [1.82, 2.24) is 9.88 Å². The third-order valence-electron chi connectivity index (χ3n) is 2.77. The quantitative estimate of drug-likeness (QED) is 0.615. The lowest BCUT2D eigenvalue weighted by molar-refractivity contribution is 0.0848. The maximum Gasteiger partial charge on any atom is 0.263 e. The molecule has 0 fully saturated rings. The minimum absolute atomic E-state index is 0.0844. The van der Waals surface area contributed by atoms with Gasteiger partial charge in [-0.05, 0) is 36.4 Å². The van der Waals surface area contributed by atoms with Crippen LogP contribution in [0.1, 0.15) is 20.7 Å². The molecule has 2 aromatic rings. The third-order valence-corrected chi connectivity index (χ3v) is 2.77. The summed E-state index contributed by atoms with van der Waals surface area (Å²) in [5, 5.41) is 2.17. The van der Waals surface area contributed by atoms with Gasteiger partial charge in [0.15, 0.2) is 0 Å². The Bertz CT molecular complexity index is 717. The predicted molar refractivity (Wildman–Crippen MR) is 74.3 cm³/mol. The zero-order valence-corrected chi connectivity index (χ0v) is 10.8. The Morgan fingerprint density at radius 2 is 1.75 bits per heavy atom. The van der Waals surface area contributed by atoms with Gasteiger partial charge in [-0.1, -0.05) is 0 Å². The van der Waals surface area contributed by atoms with Crippen LogP contribution in [-0.4, -0.2) is 16.4 Å². The molecular formula is C14H13N3O3. The molecular weight excluding hydrogens is 258 g/mol. The third kappa shape index (κ3) is 2.74. The van der Waals surface area contributed by atoms with Crippen molar-refractivity contribution in [2.45, 2.75) is 0 Å². The summed E-state index contributed by atoms with van der Waals surface area (Å²) in [4.78, 5) is 35.5. The highest BCUT2D eigenvalue weighted by atomic mass is 16.2. The molecule has 20 heavy (non-hydrogen) atoms. The van der Waals surface area contributed by atoms with Crippen molar-refractivity contribution in [3.8, 4) is 0 Å². The highest BCUT2D eigenvalue weighted by molar-refractivity contribution is 6.10. The fourth-order valence-electron chi connectivity index (χ4n) is 1.65. The van der Waals surface area contributed by atoms with Crippen molar-refractivity contribution < 1.29 is 9.59 Å². The minimum Gasteiger partial charge on any atom is -0.399 e. The molecule has 2 rings (SSSR count). The number of nitrogens with zero attached hydrogens (tertiary/aromatic N) is 1. The number of carbonyl (C=O) groups is 2. The van der Waals surface area contributed by atoms with Gasteiger partial charge in [0.2, 0.25) is 0 Å². The molecule has 0 unspecified atom stereocenters. The number of anilines is 1. The second-order valence-electron chi connectivity index (χ2n) is 4.24. The number of imide groups is 1. The van der Waals surface area contributed by atoms with Crippen LogP contribution < -0.4 is 16.6 Å². The minimum atomic E-state index is -0.729. The molecule has 6 nitrogen and oxygen atoms in total. The summed E-state index contributed by atoms with van der Waals surface area (Å²) in [7, 11) is 1.53. The zero-order valence-electron chi connectivity index (χ0n) is 10.8. The van der Waals surface area contributed by atoms with E-state index in [2.05, 4.69) is 5.32 Å². The summed E-state index contributed by atoms with van der Waals surface area (Å²) in [6, 6.07) is 9.04. The van der Waals surface area contributed by atoms with Crippen LogP contribution in [0.2, 0.25) is 0 Å². The van der Waals surface area contributed by atoms with E-state index >= 15 is 0 Å². The van der Waals surface area contributed by atoms with Crippen molar-refractivity contribution >= 4 is 17.5 Å². The number of nitrogen functional groups attached to an aromatic ring is 1. The number of rotatable bonds is 2. The maximum atomic E-state index is 11.9. The summed E-state index contributed by atoms with van der Waals surface area (Å²) >= 11 is 0. The lowest BCUT2D eigenvalue weighted by Crippen LogP contribution is -2.35. The first-order valence-corrected chi connectivity index (χ1v) is 5.86. The first kappa shape index (κ1) is 13.5. The monoisotopic (exact) mass is 271 g/mol. The van der Waals surface area contributed by atoms with Gasteiger partial charge in [0, 0.05) is 24.5 Å². The number of carbonyl (C=O) groups excluding carboxylic acids is 2. The molecule has 102 valence electrons. The lowest BCUT2D eigenvalue weighted by atomic mass is 10.2. The average Bonchev–Trinajstić information content (AvgIpc) is 2.42. The Balaban J connectivity index is 2.19. The number of nitrogens with two attached hydrogens (primary N) is 1. The molecule has 2 amide bonds. The number of benzene rings is 1. The number of nitrogens with one attached hydrogen (secondary N) is 1. The molecule has 0 spiro atoms. The van der Waals surface area contributed by atoms with Gasteiger partial charge in [-0.25, -0.2) is 0 Å². The number of amides is 2. The average molecular weight is 271 g/mol. The van der Waals surface area contributed by atoms with Crippen LogP contribution in [0.15, 0.2) is 47.4 Å². The number of aromatic nitrogens is 1. The summed E-state index contributed by atoms with van der Waals surface area (Å²) in [5.41, 5.74) is 5.78. The van der Waals surface area contributed by atoms with E-state index in [1.807, 2.05) is 0 Å². The first-order valence-electron chi connectivity index (χ1n) is 5.86. The van der Waals surface area contributed by atoms with Crippen LogP contribution in [0.5, 0.6) is 0 Å². The molecule has 6 heteroatoms. The van der Waals surface area contributed by atoms with Crippen molar-refractivity contribution in [3.05, 3.63) is 64.1 Å². The largest absolute Gasteiger partial charge is 0.399 e. The molecule has 0 aliphatic carbocycles. The molecule has 0 radical (unpaired) electrons. The second kappa shape index (κ2) is 5.40. The van der Waals surface area contributed by atoms with Gasteiger partial charge >= 0.3 is 0 Å². The van der Waals surface area contributed by atoms with Crippen LogP contribution >= 0.6 is 0 Å². The van der Waals surface area contributed by atoms with E-state index in [9.17, 15) is 14.4 Å². The first-order chi connectivity index (χ1) is 9.49. The van der Waals surface area contributed by atoms with Crippen LogP contribution in [0, 0.1) is 0 Å². The zero-order chi connectivity index (χ0) is 14.7. The van der Waals surface area contributed by atoms with E-state index in [1.165, 1.54) is 36.0 Å². The van der Waals surface area contributed by atoms with Gasteiger partial charge in [0.05, 0.1) is 0 Å². The molecule has 0 aliphatic heterocycles. The number of hydrogen-bond donors (Lipinski definition) is 2. The highest BCUT2D eigenvalue weighted by Gasteiger charge is 2.15. The van der Waals surface area contributed by atoms with Crippen molar-refractivity contribution in [3.63, 3.8) is 0 Å². The standard InChI is InChI=1S/C14H13N3O3/c1-17-8-2-3-11(14(17)20)13(19)16-12(18)9-4-6-10(15)7-5-9/h2-8H,15H2,1H3,(H,16,18,19). The van der Waals surface area contributed by atoms with E-state index in [-0.39, 0.29) is 5.56 Å². The highest BCUT2D eigenvalue weighted by Crippen LogP contribution is 2.05.